The van der Waals surface area contributed by atoms with Gasteiger partial charge >= 0.3 is 5.97 Å². The van der Waals surface area contributed by atoms with Gasteiger partial charge in [-0.05, 0) is 43.2 Å². The van der Waals surface area contributed by atoms with Crippen LogP contribution < -0.4 is 10.6 Å². The molecule has 0 atom stereocenters. The highest BCUT2D eigenvalue weighted by Crippen LogP contribution is 2.09. The van der Waals surface area contributed by atoms with Crippen LogP contribution in [-0.2, 0) is 20.9 Å². The Morgan fingerprint density at radius 2 is 1.74 bits per heavy atom. The summed E-state index contributed by atoms with van der Waals surface area (Å²) >= 11 is 0. The molecular weight excluding hydrogens is 351 g/mol. The highest BCUT2D eigenvalue weighted by atomic mass is 19.1. The molecule has 2 amide bonds. The smallest absolute Gasteiger partial charge is 0.325 e. The van der Waals surface area contributed by atoms with Crippen molar-refractivity contribution in [1.82, 2.24) is 10.6 Å². The Bertz CT molecular complexity index is 852. The monoisotopic (exact) mass is 372 g/mol. The van der Waals surface area contributed by atoms with Crippen LogP contribution in [0.1, 0.15) is 27.0 Å². The topological polar surface area (TPSA) is 84.5 Å². The third-order valence-electron chi connectivity index (χ3n) is 3.96. The van der Waals surface area contributed by atoms with E-state index in [0.29, 0.717) is 11.1 Å². The van der Waals surface area contributed by atoms with Crippen LogP contribution in [0.25, 0.3) is 0 Å². The summed E-state index contributed by atoms with van der Waals surface area (Å²) < 4.78 is 18.2. The molecule has 0 spiro atoms. The first-order valence-electron chi connectivity index (χ1n) is 8.38. The maximum atomic E-state index is 13.4. The van der Waals surface area contributed by atoms with E-state index in [1.54, 1.807) is 30.3 Å². The molecule has 0 saturated carbocycles. The summed E-state index contributed by atoms with van der Waals surface area (Å²) in [6.07, 6.45) is 0. The summed E-state index contributed by atoms with van der Waals surface area (Å²) in [7, 11) is 0. The number of hydrogen-bond donors (Lipinski definition) is 2. The predicted molar refractivity (Wildman–Crippen MR) is 97.5 cm³/mol. The van der Waals surface area contributed by atoms with E-state index in [4.69, 9.17) is 4.74 Å². The molecule has 27 heavy (non-hydrogen) atoms. The molecule has 2 N–H and O–H groups in total. The first kappa shape index (κ1) is 20.1. The van der Waals surface area contributed by atoms with Crippen LogP contribution in [-0.4, -0.2) is 30.9 Å². The average molecular weight is 372 g/mol. The number of esters is 1. The first-order chi connectivity index (χ1) is 12.9. The van der Waals surface area contributed by atoms with Crippen molar-refractivity contribution in [2.75, 3.05) is 13.2 Å². The lowest BCUT2D eigenvalue weighted by Crippen LogP contribution is -2.33. The van der Waals surface area contributed by atoms with Gasteiger partial charge in [-0.25, -0.2) is 4.39 Å². The van der Waals surface area contributed by atoms with Gasteiger partial charge in [0.1, 0.15) is 12.4 Å². The second kappa shape index (κ2) is 9.47. The van der Waals surface area contributed by atoms with Gasteiger partial charge in [0.25, 0.3) is 11.8 Å². The van der Waals surface area contributed by atoms with Crippen molar-refractivity contribution < 1.29 is 23.5 Å². The first-order valence-corrected chi connectivity index (χ1v) is 8.38. The summed E-state index contributed by atoms with van der Waals surface area (Å²) in [5, 5.41) is 4.89. The number of carbonyl (C=O) groups excluding carboxylic acids is 3. The minimum atomic E-state index is -0.742. The second-order valence-electron chi connectivity index (χ2n) is 6.01. The largest absolute Gasteiger partial charge is 0.454 e. The highest BCUT2D eigenvalue weighted by molar-refractivity contribution is 5.96. The average Bonchev–Trinajstić information content (AvgIpc) is 2.65. The van der Waals surface area contributed by atoms with Crippen LogP contribution in [0.4, 0.5) is 4.39 Å². The molecular formula is C20H21FN2O4. The van der Waals surface area contributed by atoms with Crippen molar-refractivity contribution in [3.8, 4) is 0 Å². The van der Waals surface area contributed by atoms with Crippen molar-refractivity contribution in [2.24, 2.45) is 0 Å². The summed E-state index contributed by atoms with van der Waals surface area (Å²) in [5.41, 5.74) is 2.80. The number of aryl methyl sites for hydroxylation is 2. The lowest BCUT2D eigenvalue weighted by atomic mass is 10.1. The molecule has 2 aromatic carbocycles. The third kappa shape index (κ3) is 6.22. The van der Waals surface area contributed by atoms with Gasteiger partial charge in [-0.1, -0.05) is 24.3 Å². The van der Waals surface area contributed by atoms with Crippen molar-refractivity contribution >= 4 is 17.8 Å². The maximum Gasteiger partial charge on any atom is 0.325 e. The van der Waals surface area contributed by atoms with Crippen molar-refractivity contribution in [1.29, 1.82) is 0 Å². The van der Waals surface area contributed by atoms with Crippen LogP contribution in [0.3, 0.4) is 0 Å². The lowest BCUT2D eigenvalue weighted by Gasteiger charge is -2.09. The zero-order chi connectivity index (χ0) is 19.8. The summed E-state index contributed by atoms with van der Waals surface area (Å²) in [6.45, 7) is 2.96. The fraction of sp³-hybridized carbons (Fsp3) is 0.250. The van der Waals surface area contributed by atoms with E-state index in [1.165, 1.54) is 6.07 Å². The molecule has 0 aliphatic rings. The van der Waals surface area contributed by atoms with Gasteiger partial charge in [0, 0.05) is 17.7 Å². The molecule has 0 radical (unpaired) electrons. The molecule has 0 unspecified atom stereocenters. The molecule has 0 saturated heterocycles. The van der Waals surface area contributed by atoms with Crippen LogP contribution in [0.15, 0.2) is 42.5 Å². The zero-order valence-electron chi connectivity index (χ0n) is 15.2. The number of benzene rings is 2. The molecule has 6 nitrogen and oxygen atoms in total. The molecule has 0 aromatic heterocycles. The van der Waals surface area contributed by atoms with Crippen molar-refractivity contribution in [3.63, 3.8) is 0 Å². The number of carbonyl (C=O) groups is 3. The molecule has 2 aromatic rings. The van der Waals surface area contributed by atoms with E-state index in [-0.39, 0.29) is 13.1 Å². The molecule has 0 aliphatic carbocycles. The van der Waals surface area contributed by atoms with Gasteiger partial charge in [0.15, 0.2) is 6.61 Å². The van der Waals surface area contributed by atoms with Crippen LogP contribution in [0.5, 0.6) is 0 Å². The number of nitrogens with one attached hydrogen (secondary N) is 2. The van der Waals surface area contributed by atoms with Gasteiger partial charge in [-0.15, -0.1) is 0 Å². The predicted octanol–water partition coefficient (Wildman–Crippen LogP) is 2.03. The third-order valence-corrected chi connectivity index (χ3v) is 3.96. The van der Waals surface area contributed by atoms with Gasteiger partial charge in [0.05, 0.1) is 0 Å². The van der Waals surface area contributed by atoms with Crippen LogP contribution in [0, 0.1) is 19.7 Å². The lowest BCUT2D eigenvalue weighted by molar-refractivity contribution is -0.147. The minimum Gasteiger partial charge on any atom is -0.454 e. The zero-order valence-corrected chi connectivity index (χ0v) is 15.2. The SMILES string of the molecule is Cc1ccc(C(=O)NCC(=O)OCC(=O)NCc2ccccc2F)cc1C. The Kier molecular flexibility index (Phi) is 7.05. The van der Waals surface area contributed by atoms with Gasteiger partial charge < -0.3 is 15.4 Å². The number of amides is 2. The van der Waals surface area contributed by atoms with Gasteiger partial charge in [-0.3, -0.25) is 14.4 Å². The Hall–Kier alpha value is -3.22. The fourth-order valence-electron chi connectivity index (χ4n) is 2.22. The molecule has 0 aliphatic heterocycles. The molecule has 0 fully saturated rings. The Morgan fingerprint density at radius 1 is 1.00 bits per heavy atom. The minimum absolute atomic E-state index is 0.00737. The van der Waals surface area contributed by atoms with E-state index in [1.807, 2.05) is 19.9 Å². The van der Waals surface area contributed by atoms with Crippen molar-refractivity contribution in [2.45, 2.75) is 20.4 Å². The molecule has 7 heteroatoms. The fourth-order valence-corrected chi connectivity index (χ4v) is 2.22. The van der Waals surface area contributed by atoms with Crippen LogP contribution >= 0.6 is 0 Å². The Morgan fingerprint density at radius 3 is 2.44 bits per heavy atom. The van der Waals surface area contributed by atoms with E-state index < -0.39 is 30.2 Å². The Balaban J connectivity index is 1.71. The van der Waals surface area contributed by atoms with E-state index in [2.05, 4.69) is 10.6 Å². The number of ether oxygens (including phenoxy) is 1. The highest BCUT2D eigenvalue weighted by Gasteiger charge is 2.11. The normalized spacial score (nSPS) is 10.2. The van der Waals surface area contributed by atoms with Gasteiger partial charge in [0.2, 0.25) is 0 Å². The quantitative estimate of drug-likeness (QED) is 0.729. The van der Waals surface area contributed by atoms with Gasteiger partial charge in [-0.2, -0.15) is 0 Å². The van der Waals surface area contributed by atoms with E-state index in [0.717, 1.165) is 11.1 Å². The molecule has 0 bridgehead atoms. The maximum absolute atomic E-state index is 13.4. The van der Waals surface area contributed by atoms with E-state index >= 15 is 0 Å². The van der Waals surface area contributed by atoms with E-state index in [9.17, 15) is 18.8 Å². The van der Waals surface area contributed by atoms with Crippen LogP contribution in [0.2, 0.25) is 0 Å². The van der Waals surface area contributed by atoms with Crippen molar-refractivity contribution in [3.05, 3.63) is 70.5 Å². The number of hydrogen-bond acceptors (Lipinski definition) is 4. The standard InChI is InChI=1S/C20H21FN2O4/c1-13-7-8-15(9-14(13)2)20(26)23-11-19(25)27-12-18(24)22-10-16-5-3-4-6-17(16)21/h3-9H,10-12H2,1-2H3,(H,22,24)(H,23,26). The number of halogens is 1. The second-order valence-corrected chi connectivity index (χ2v) is 6.01. The summed E-state index contributed by atoms with van der Waals surface area (Å²) in [4.78, 5) is 35.3. The molecule has 142 valence electrons. The molecule has 2 rings (SSSR count). The number of rotatable bonds is 7. The summed E-state index contributed by atoms with van der Waals surface area (Å²) in [5.74, 6) is -2.14. The summed E-state index contributed by atoms with van der Waals surface area (Å²) in [6, 6.07) is 11.3. The molecule has 0 heterocycles. The Labute approximate surface area is 156 Å².